The Morgan fingerprint density at radius 1 is 0.970 bits per heavy atom. The molecule has 3 aromatic rings. The molecule has 33 heavy (non-hydrogen) atoms. The van der Waals surface area contributed by atoms with Gasteiger partial charge in [0.15, 0.2) is 0 Å². The first-order valence-electron chi connectivity index (χ1n) is 9.66. The predicted octanol–water partition coefficient (Wildman–Crippen LogP) is 4.06. The highest BCUT2D eigenvalue weighted by Gasteiger charge is 2.35. The van der Waals surface area contributed by atoms with E-state index in [1.54, 1.807) is 24.3 Å². The average molecular weight is 485 g/mol. The lowest BCUT2D eigenvalue weighted by atomic mass is 10.1. The summed E-state index contributed by atoms with van der Waals surface area (Å²) in [5.41, 5.74) is -0.268. The van der Waals surface area contributed by atoms with E-state index in [0.717, 1.165) is 17.4 Å². The van der Waals surface area contributed by atoms with Crippen molar-refractivity contribution in [1.29, 1.82) is 0 Å². The van der Waals surface area contributed by atoms with Crippen molar-refractivity contribution in [3.05, 3.63) is 66.0 Å². The molecule has 0 fully saturated rings. The minimum absolute atomic E-state index is 0.130. The fourth-order valence-electron chi connectivity index (χ4n) is 2.74. The fraction of sp³-hybridized carbons (Fsp3) is 0.238. The molecular weight excluding hydrogens is 466 g/mol. The summed E-state index contributed by atoms with van der Waals surface area (Å²) < 4.78 is 89.0. The summed E-state index contributed by atoms with van der Waals surface area (Å²) in [4.78, 5) is -0.712. The molecule has 0 bridgehead atoms. The van der Waals surface area contributed by atoms with Crippen LogP contribution in [0.5, 0.6) is 11.6 Å². The second-order valence-electron chi connectivity index (χ2n) is 6.60. The number of halogens is 4. The third kappa shape index (κ3) is 6.39. The predicted molar refractivity (Wildman–Crippen MR) is 111 cm³/mol. The van der Waals surface area contributed by atoms with Crippen molar-refractivity contribution in [2.45, 2.75) is 18.0 Å². The number of aromatic nitrogens is 2. The van der Waals surface area contributed by atoms with Gasteiger partial charge in [-0.3, -0.25) is 0 Å². The van der Waals surface area contributed by atoms with Crippen LogP contribution >= 0.6 is 0 Å². The van der Waals surface area contributed by atoms with E-state index in [1.807, 2.05) is 19.1 Å². The van der Waals surface area contributed by atoms with Crippen molar-refractivity contribution in [3.63, 3.8) is 0 Å². The van der Waals surface area contributed by atoms with Crippen LogP contribution in [0, 0.1) is 5.82 Å². The molecule has 7 nitrogen and oxygen atoms in total. The van der Waals surface area contributed by atoms with Crippen LogP contribution in [0.4, 0.5) is 17.6 Å². The molecule has 1 heterocycles. The first-order valence-corrected chi connectivity index (χ1v) is 11.1. The van der Waals surface area contributed by atoms with Gasteiger partial charge in [0.2, 0.25) is 15.9 Å². The summed E-state index contributed by atoms with van der Waals surface area (Å²) in [5, 5.41) is 7.95. The maximum Gasteiger partial charge on any atom is 0.419 e. The van der Waals surface area contributed by atoms with Crippen LogP contribution in [0.3, 0.4) is 0 Å². The SMILES string of the molecule is CCOc1ccc(-c2ccc(OCCNS(=O)(=O)c3ccc(F)c(C(F)(F)F)c3)nn2)cc1. The summed E-state index contributed by atoms with van der Waals surface area (Å²) in [6.07, 6.45) is -5.02. The number of alkyl halides is 3. The van der Waals surface area contributed by atoms with Gasteiger partial charge >= 0.3 is 6.18 Å². The monoisotopic (exact) mass is 485 g/mol. The summed E-state index contributed by atoms with van der Waals surface area (Å²) in [6.45, 7) is 2.02. The molecule has 12 heteroatoms. The zero-order chi connectivity index (χ0) is 24.1. The molecule has 0 unspecified atom stereocenters. The summed E-state index contributed by atoms with van der Waals surface area (Å²) in [6, 6.07) is 11.9. The fourth-order valence-corrected chi connectivity index (χ4v) is 3.78. The topological polar surface area (TPSA) is 90.4 Å². The highest BCUT2D eigenvalue weighted by molar-refractivity contribution is 7.89. The molecule has 0 saturated heterocycles. The largest absolute Gasteiger partial charge is 0.494 e. The Hall–Kier alpha value is -3.25. The lowest BCUT2D eigenvalue weighted by Crippen LogP contribution is -2.28. The summed E-state index contributed by atoms with van der Waals surface area (Å²) in [7, 11) is -4.31. The van der Waals surface area contributed by atoms with Crippen molar-refractivity contribution in [2.75, 3.05) is 19.8 Å². The van der Waals surface area contributed by atoms with E-state index in [1.165, 1.54) is 0 Å². The van der Waals surface area contributed by atoms with Crippen molar-refractivity contribution in [1.82, 2.24) is 14.9 Å². The van der Waals surface area contributed by atoms with E-state index in [0.29, 0.717) is 18.4 Å². The van der Waals surface area contributed by atoms with Crippen molar-refractivity contribution < 1.29 is 35.5 Å². The van der Waals surface area contributed by atoms with Gasteiger partial charge in [0.05, 0.1) is 22.8 Å². The lowest BCUT2D eigenvalue weighted by Gasteiger charge is -2.11. The van der Waals surface area contributed by atoms with Crippen molar-refractivity contribution in [3.8, 4) is 22.9 Å². The molecule has 0 radical (unpaired) electrons. The van der Waals surface area contributed by atoms with Gasteiger partial charge in [-0.1, -0.05) is 0 Å². The Balaban J connectivity index is 1.55. The molecule has 2 aromatic carbocycles. The Labute approximate surface area is 187 Å². The molecule has 176 valence electrons. The number of nitrogens with one attached hydrogen (secondary N) is 1. The molecule has 0 aliphatic heterocycles. The number of benzene rings is 2. The number of hydrogen-bond acceptors (Lipinski definition) is 6. The zero-order valence-corrected chi connectivity index (χ0v) is 18.1. The molecule has 3 rings (SSSR count). The van der Waals surface area contributed by atoms with Gasteiger partial charge in [-0.25, -0.2) is 17.5 Å². The van der Waals surface area contributed by atoms with Gasteiger partial charge in [0.25, 0.3) is 0 Å². The minimum atomic E-state index is -5.02. The molecule has 0 amide bonds. The van der Waals surface area contributed by atoms with Gasteiger partial charge in [-0.2, -0.15) is 13.2 Å². The van der Waals surface area contributed by atoms with Crippen LogP contribution in [-0.2, 0) is 16.2 Å². The van der Waals surface area contributed by atoms with Crippen LogP contribution in [-0.4, -0.2) is 38.4 Å². The van der Waals surface area contributed by atoms with Crippen molar-refractivity contribution in [2.24, 2.45) is 0 Å². The highest BCUT2D eigenvalue weighted by atomic mass is 32.2. The second kappa shape index (κ2) is 10.1. The third-order valence-electron chi connectivity index (χ3n) is 4.30. The van der Waals surface area contributed by atoms with Gasteiger partial charge in [0, 0.05) is 18.2 Å². The minimum Gasteiger partial charge on any atom is -0.494 e. The Kier molecular flexibility index (Phi) is 7.49. The van der Waals surface area contributed by atoms with E-state index in [9.17, 15) is 26.0 Å². The van der Waals surface area contributed by atoms with Gasteiger partial charge in [-0.15, -0.1) is 10.2 Å². The normalized spacial score (nSPS) is 11.9. The van der Waals surface area contributed by atoms with Crippen LogP contribution in [0.1, 0.15) is 12.5 Å². The van der Waals surface area contributed by atoms with E-state index < -0.39 is 32.5 Å². The van der Waals surface area contributed by atoms with Gasteiger partial charge in [0.1, 0.15) is 18.2 Å². The standard InChI is InChI=1S/C21H19F4N3O4S/c1-2-31-15-5-3-14(4-6-15)19-9-10-20(28-27-19)32-12-11-26-33(29,30)16-7-8-18(22)17(13-16)21(23,24)25/h3-10,13,26H,2,11-12H2,1H3. The Bertz CT molecular complexity index is 1190. The van der Waals surface area contributed by atoms with Crippen molar-refractivity contribution >= 4 is 10.0 Å². The zero-order valence-electron chi connectivity index (χ0n) is 17.3. The molecule has 0 saturated carbocycles. The first kappa shape index (κ1) is 24.4. The smallest absolute Gasteiger partial charge is 0.419 e. The van der Waals surface area contributed by atoms with Gasteiger partial charge in [-0.05, 0) is 55.5 Å². The lowest BCUT2D eigenvalue weighted by molar-refractivity contribution is -0.140. The number of hydrogen-bond donors (Lipinski definition) is 1. The second-order valence-corrected chi connectivity index (χ2v) is 8.37. The quantitative estimate of drug-likeness (QED) is 0.363. The van der Waals surface area contributed by atoms with Gasteiger partial charge < -0.3 is 9.47 Å². The summed E-state index contributed by atoms with van der Waals surface area (Å²) in [5.74, 6) is -0.700. The number of ether oxygens (including phenoxy) is 2. The number of nitrogens with zero attached hydrogens (tertiary/aromatic N) is 2. The highest BCUT2D eigenvalue weighted by Crippen LogP contribution is 2.32. The van der Waals surface area contributed by atoms with E-state index in [2.05, 4.69) is 14.9 Å². The molecule has 1 aromatic heterocycles. The summed E-state index contributed by atoms with van der Waals surface area (Å²) >= 11 is 0. The van der Waals surface area contributed by atoms with E-state index in [4.69, 9.17) is 9.47 Å². The molecule has 0 aliphatic rings. The maximum absolute atomic E-state index is 13.4. The Morgan fingerprint density at radius 3 is 2.30 bits per heavy atom. The van der Waals surface area contributed by atoms with Crippen LogP contribution in [0.25, 0.3) is 11.3 Å². The number of rotatable bonds is 9. The van der Waals surface area contributed by atoms with Crippen LogP contribution in [0.15, 0.2) is 59.5 Å². The van der Waals surface area contributed by atoms with E-state index in [-0.39, 0.29) is 25.1 Å². The molecule has 1 N–H and O–H groups in total. The third-order valence-corrected chi connectivity index (χ3v) is 5.76. The van der Waals surface area contributed by atoms with E-state index >= 15 is 0 Å². The molecular formula is C21H19F4N3O4S. The molecule has 0 aliphatic carbocycles. The molecule has 0 spiro atoms. The molecule has 0 atom stereocenters. The maximum atomic E-state index is 13.4. The first-order chi connectivity index (χ1) is 15.6. The average Bonchev–Trinajstić information content (AvgIpc) is 2.77. The van der Waals surface area contributed by atoms with Crippen LogP contribution in [0.2, 0.25) is 0 Å². The van der Waals surface area contributed by atoms with Crippen LogP contribution < -0.4 is 14.2 Å². The Morgan fingerprint density at radius 2 is 1.70 bits per heavy atom. The number of sulfonamides is 1.